The van der Waals surface area contributed by atoms with E-state index in [9.17, 15) is 4.79 Å². The standard InChI is InChI=1S/C14H23N3O3S/c1-4-5-8-19-9-13-20-12(10-21-13)17-7-6-11(16(2)3)15-14(17)18/h6-7,12-13H,4-5,8-10H2,1-3H3/t12-,13?/m0/s1. The largest absolute Gasteiger partial charge is 0.378 e. The van der Waals surface area contributed by atoms with Crippen LogP contribution in [-0.2, 0) is 9.47 Å². The lowest BCUT2D eigenvalue weighted by Gasteiger charge is -2.16. The Morgan fingerprint density at radius 1 is 1.57 bits per heavy atom. The van der Waals surface area contributed by atoms with E-state index in [0.717, 1.165) is 25.2 Å². The Morgan fingerprint density at radius 2 is 2.38 bits per heavy atom. The second kappa shape index (κ2) is 7.82. The summed E-state index contributed by atoms with van der Waals surface area (Å²) in [4.78, 5) is 17.9. The van der Waals surface area contributed by atoms with Crippen LogP contribution in [0.5, 0.6) is 0 Å². The van der Waals surface area contributed by atoms with Crippen molar-refractivity contribution < 1.29 is 9.47 Å². The summed E-state index contributed by atoms with van der Waals surface area (Å²) in [6.45, 7) is 3.47. The third-order valence-corrected chi connectivity index (χ3v) is 4.31. The molecule has 6 nitrogen and oxygen atoms in total. The first-order valence-corrected chi connectivity index (χ1v) is 8.28. The predicted molar refractivity (Wildman–Crippen MR) is 84.9 cm³/mol. The monoisotopic (exact) mass is 313 g/mol. The van der Waals surface area contributed by atoms with E-state index in [2.05, 4.69) is 11.9 Å². The van der Waals surface area contributed by atoms with Crippen LogP contribution in [0.25, 0.3) is 0 Å². The van der Waals surface area contributed by atoms with Crippen LogP contribution in [0.15, 0.2) is 17.1 Å². The molecular formula is C14H23N3O3S. The van der Waals surface area contributed by atoms with Crippen LogP contribution in [0.4, 0.5) is 5.82 Å². The van der Waals surface area contributed by atoms with Crippen LogP contribution in [0.2, 0.25) is 0 Å². The molecule has 0 aliphatic carbocycles. The SMILES string of the molecule is CCCCOCC1O[C@H](n2ccc(N(C)C)nc2=O)CS1. The van der Waals surface area contributed by atoms with Gasteiger partial charge in [-0.3, -0.25) is 4.57 Å². The second-order valence-corrected chi connectivity index (χ2v) is 6.34. The van der Waals surface area contributed by atoms with E-state index >= 15 is 0 Å². The summed E-state index contributed by atoms with van der Waals surface area (Å²) in [6.07, 6.45) is 3.68. The summed E-state index contributed by atoms with van der Waals surface area (Å²) in [7, 11) is 3.72. The number of aromatic nitrogens is 2. The lowest BCUT2D eigenvalue weighted by molar-refractivity contribution is -0.0250. The first-order chi connectivity index (χ1) is 10.1. The van der Waals surface area contributed by atoms with E-state index in [1.807, 2.05) is 20.2 Å². The highest BCUT2D eigenvalue weighted by Crippen LogP contribution is 2.31. The number of nitrogens with zero attached hydrogens (tertiary/aromatic N) is 3. The van der Waals surface area contributed by atoms with E-state index in [1.165, 1.54) is 0 Å². The molecule has 118 valence electrons. The second-order valence-electron chi connectivity index (χ2n) is 5.15. The zero-order valence-corrected chi connectivity index (χ0v) is 13.6. The van der Waals surface area contributed by atoms with Crippen LogP contribution in [0.1, 0.15) is 26.0 Å². The molecule has 2 atom stereocenters. The zero-order valence-electron chi connectivity index (χ0n) is 12.8. The van der Waals surface area contributed by atoms with Gasteiger partial charge in [-0.15, -0.1) is 11.8 Å². The molecule has 0 N–H and O–H groups in total. The molecular weight excluding hydrogens is 290 g/mol. The van der Waals surface area contributed by atoms with Crippen LogP contribution in [0.3, 0.4) is 0 Å². The van der Waals surface area contributed by atoms with E-state index in [-0.39, 0.29) is 17.4 Å². The maximum atomic E-state index is 12.0. The number of unbranched alkanes of at least 4 members (excludes halogenated alkanes) is 1. The van der Waals surface area contributed by atoms with Crippen LogP contribution >= 0.6 is 11.8 Å². The fraction of sp³-hybridized carbons (Fsp3) is 0.714. The number of thioether (sulfide) groups is 1. The number of anilines is 1. The molecule has 1 saturated heterocycles. The minimum Gasteiger partial charge on any atom is -0.378 e. The topological polar surface area (TPSA) is 56.6 Å². The highest BCUT2D eigenvalue weighted by atomic mass is 32.2. The fourth-order valence-electron chi connectivity index (χ4n) is 1.97. The van der Waals surface area contributed by atoms with E-state index in [4.69, 9.17) is 9.47 Å². The Bertz CT molecular complexity index is 506. The van der Waals surface area contributed by atoms with Gasteiger partial charge in [-0.25, -0.2) is 4.79 Å². The molecule has 1 aromatic heterocycles. The Balaban J connectivity index is 1.90. The summed E-state index contributed by atoms with van der Waals surface area (Å²) < 4.78 is 13.0. The lowest BCUT2D eigenvalue weighted by atomic mass is 10.4. The molecule has 0 bridgehead atoms. The molecule has 1 aliphatic heterocycles. The van der Waals surface area contributed by atoms with Gasteiger partial charge in [0.25, 0.3) is 0 Å². The zero-order chi connectivity index (χ0) is 15.2. The molecule has 0 aromatic carbocycles. The van der Waals surface area contributed by atoms with Gasteiger partial charge in [-0.2, -0.15) is 4.98 Å². The van der Waals surface area contributed by atoms with E-state index < -0.39 is 0 Å². The first kappa shape index (κ1) is 16.3. The molecule has 2 heterocycles. The Labute approximate surface area is 129 Å². The van der Waals surface area contributed by atoms with Crippen molar-refractivity contribution in [2.45, 2.75) is 31.4 Å². The number of rotatable bonds is 7. The molecule has 0 saturated carbocycles. The van der Waals surface area contributed by atoms with Gasteiger partial charge >= 0.3 is 5.69 Å². The Kier molecular flexibility index (Phi) is 6.08. The van der Waals surface area contributed by atoms with Crippen molar-refractivity contribution in [2.24, 2.45) is 0 Å². The smallest absolute Gasteiger partial charge is 0.351 e. The van der Waals surface area contributed by atoms with Gasteiger partial charge in [0, 0.05) is 32.7 Å². The first-order valence-electron chi connectivity index (χ1n) is 7.23. The molecule has 1 unspecified atom stereocenters. The van der Waals surface area contributed by atoms with E-state index in [1.54, 1.807) is 27.4 Å². The van der Waals surface area contributed by atoms with Crippen molar-refractivity contribution in [1.29, 1.82) is 0 Å². The maximum Gasteiger partial charge on any atom is 0.351 e. The summed E-state index contributed by atoms with van der Waals surface area (Å²) in [5, 5.41) is 0. The van der Waals surface area contributed by atoms with Crippen LogP contribution < -0.4 is 10.6 Å². The Hall–Kier alpha value is -1.05. The minimum atomic E-state index is -0.278. The van der Waals surface area contributed by atoms with Crippen molar-refractivity contribution in [3.05, 3.63) is 22.7 Å². The van der Waals surface area contributed by atoms with Crippen LogP contribution in [-0.4, -0.2) is 48.0 Å². The molecule has 0 spiro atoms. The van der Waals surface area contributed by atoms with Crippen molar-refractivity contribution in [3.8, 4) is 0 Å². The summed E-state index contributed by atoms with van der Waals surface area (Å²) in [6, 6.07) is 1.82. The summed E-state index contributed by atoms with van der Waals surface area (Å²) >= 11 is 1.68. The van der Waals surface area contributed by atoms with Crippen molar-refractivity contribution in [2.75, 3.05) is 38.0 Å². The Morgan fingerprint density at radius 3 is 3.05 bits per heavy atom. The van der Waals surface area contributed by atoms with E-state index in [0.29, 0.717) is 12.4 Å². The van der Waals surface area contributed by atoms with Gasteiger partial charge in [0.1, 0.15) is 17.5 Å². The van der Waals surface area contributed by atoms with Gasteiger partial charge < -0.3 is 14.4 Å². The average Bonchev–Trinajstić information content (AvgIpc) is 2.92. The fourth-order valence-corrected chi connectivity index (χ4v) is 2.99. The van der Waals surface area contributed by atoms with Crippen LogP contribution in [0, 0.1) is 0 Å². The van der Waals surface area contributed by atoms with Gasteiger partial charge in [0.05, 0.1) is 6.61 Å². The molecule has 1 aromatic rings. The highest BCUT2D eigenvalue weighted by molar-refractivity contribution is 8.00. The predicted octanol–water partition coefficient (Wildman–Crippen LogP) is 1.71. The number of hydrogen-bond acceptors (Lipinski definition) is 6. The van der Waals surface area contributed by atoms with Gasteiger partial charge in [0.15, 0.2) is 0 Å². The third kappa shape index (κ3) is 4.46. The third-order valence-electron chi connectivity index (χ3n) is 3.21. The highest BCUT2D eigenvalue weighted by Gasteiger charge is 2.28. The molecule has 1 aliphatic rings. The molecule has 7 heteroatoms. The molecule has 1 fully saturated rings. The van der Waals surface area contributed by atoms with Crippen molar-refractivity contribution >= 4 is 17.6 Å². The number of ether oxygens (including phenoxy) is 2. The van der Waals surface area contributed by atoms with Crippen molar-refractivity contribution in [3.63, 3.8) is 0 Å². The summed E-state index contributed by atoms with van der Waals surface area (Å²) in [5.41, 5.74) is -0.286. The van der Waals surface area contributed by atoms with Gasteiger partial charge in [-0.1, -0.05) is 13.3 Å². The molecule has 0 radical (unpaired) electrons. The average molecular weight is 313 g/mol. The van der Waals surface area contributed by atoms with Gasteiger partial charge in [0.2, 0.25) is 0 Å². The maximum absolute atomic E-state index is 12.0. The quantitative estimate of drug-likeness (QED) is 0.714. The van der Waals surface area contributed by atoms with Crippen molar-refractivity contribution in [1.82, 2.24) is 9.55 Å². The minimum absolute atomic E-state index is 0.00715. The molecule has 21 heavy (non-hydrogen) atoms. The molecule has 2 rings (SSSR count). The number of hydrogen-bond donors (Lipinski definition) is 0. The molecule has 0 amide bonds. The lowest BCUT2D eigenvalue weighted by Crippen LogP contribution is -2.30. The van der Waals surface area contributed by atoms with Gasteiger partial charge in [-0.05, 0) is 12.5 Å². The normalized spacial score (nSPS) is 21.7. The summed E-state index contributed by atoms with van der Waals surface area (Å²) in [5.74, 6) is 1.39.